The largest absolute Gasteiger partial charge is 0.308 e. The summed E-state index contributed by atoms with van der Waals surface area (Å²) in [6, 6.07) is 4.34. The van der Waals surface area contributed by atoms with Crippen molar-refractivity contribution in [1.82, 2.24) is 19.7 Å². The number of pyridine rings is 1. The third-order valence-corrected chi connectivity index (χ3v) is 4.51. The minimum absolute atomic E-state index is 0.0956. The molecule has 0 spiro atoms. The topological polar surface area (TPSA) is 46.4 Å². The Morgan fingerprint density at radius 2 is 1.79 bits per heavy atom. The molecule has 1 aliphatic heterocycles. The fourth-order valence-corrected chi connectivity index (χ4v) is 3.05. The van der Waals surface area contributed by atoms with Gasteiger partial charge in [-0.05, 0) is 25.7 Å². The first kappa shape index (κ1) is 18.9. The Kier molecular flexibility index (Phi) is 6.34. The van der Waals surface area contributed by atoms with Gasteiger partial charge >= 0.3 is 0 Å². The van der Waals surface area contributed by atoms with Crippen molar-refractivity contribution in [1.29, 1.82) is 5.26 Å². The molecule has 0 saturated carbocycles. The van der Waals surface area contributed by atoms with Gasteiger partial charge in [-0.15, -0.1) is 0 Å². The Labute approximate surface area is 146 Å². The molecule has 24 heavy (non-hydrogen) atoms. The van der Waals surface area contributed by atoms with Crippen LogP contribution in [0.4, 0.5) is 0 Å². The summed E-state index contributed by atoms with van der Waals surface area (Å²) in [4.78, 5) is 11.8. The zero-order chi connectivity index (χ0) is 17.7. The quantitative estimate of drug-likeness (QED) is 0.826. The number of hydrogen-bond donors (Lipinski definition) is 0. The lowest BCUT2D eigenvalue weighted by atomic mass is 9.88. The maximum absolute atomic E-state index is 9.44. The molecule has 0 amide bonds. The predicted molar refractivity (Wildman–Crippen MR) is 97.9 cm³/mol. The first-order valence-electron chi connectivity index (χ1n) is 8.78. The van der Waals surface area contributed by atoms with Crippen molar-refractivity contribution in [3.05, 3.63) is 29.1 Å². The van der Waals surface area contributed by atoms with E-state index in [1.165, 1.54) is 0 Å². The molecule has 5 heteroatoms. The van der Waals surface area contributed by atoms with Crippen LogP contribution in [0.1, 0.15) is 37.6 Å². The summed E-state index contributed by atoms with van der Waals surface area (Å²) in [5, 5.41) is 9.44. The Bertz CT molecular complexity index is 574. The summed E-state index contributed by atoms with van der Waals surface area (Å²) in [6.45, 7) is 13.8. The number of aromatic nitrogens is 1. The van der Waals surface area contributed by atoms with E-state index < -0.39 is 0 Å². The summed E-state index contributed by atoms with van der Waals surface area (Å²) >= 11 is 0. The molecule has 132 valence electrons. The number of rotatable bonds is 5. The molecule has 0 aliphatic carbocycles. The van der Waals surface area contributed by atoms with E-state index in [1.54, 1.807) is 0 Å². The van der Waals surface area contributed by atoms with Crippen LogP contribution >= 0.6 is 0 Å². The molecular formula is C19H31N5. The summed E-state index contributed by atoms with van der Waals surface area (Å²) < 4.78 is 0. The molecule has 0 N–H and O–H groups in total. The molecule has 2 rings (SSSR count). The van der Waals surface area contributed by atoms with Crippen molar-refractivity contribution >= 4 is 0 Å². The standard InChI is InChI=1S/C19H31N5/c1-19(2,3)18-17(13-20)12-16(14-21-18)15-24-10-8-23(9-11-24)7-6-22(4)5/h12,14H,6-11,15H2,1-5H3. The van der Waals surface area contributed by atoms with Gasteiger partial charge in [0.15, 0.2) is 0 Å². The van der Waals surface area contributed by atoms with Crippen LogP contribution in [0.25, 0.3) is 0 Å². The molecule has 0 aromatic carbocycles. The zero-order valence-electron chi connectivity index (χ0n) is 15.8. The van der Waals surface area contributed by atoms with Gasteiger partial charge in [0.1, 0.15) is 6.07 Å². The number of hydrogen-bond acceptors (Lipinski definition) is 5. The van der Waals surface area contributed by atoms with Crippen molar-refractivity contribution in [2.24, 2.45) is 0 Å². The van der Waals surface area contributed by atoms with E-state index in [4.69, 9.17) is 0 Å². The van der Waals surface area contributed by atoms with Crippen LogP contribution in [-0.2, 0) is 12.0 Å². The third kappa shape index (κ3) is 5.27. The molecule has 1 saturated heterocycles. The minimum atomic E-state index is -0.0956. The monoisotopic (exact) mass is 329 g/mol. The van der Waals surface area contributed by atoms with Crippen molar-refractivity contribution in [3.8, 4) is 6.07 Å². The van der Waals surface area contributed by atoms with Gasteiger partial charge in [0.2, 0.25) is 0 Å². The van der Waals surface area contributed by atoms with Crippen LogP contribution in [0.15, 0.2) is 12.3 Å². The predicted octanol–water partition coefficient (Wildman–Crippen LogP) is 1.93. The maximum atomic E-state index is 9.44. The highest BCUT2D eigenvalue weighted by Gasteiger charge is 2.21. The van der Waals surface area contributed by atoms with E-state index >= 15 is 0 Å². The van der Waals surface area contributed by atoms with E-state index in [0.29, 0.717) is 5.56 Å². The van der Waals surface area contributed by atoms with E-state index in [9.17, 15) is 5.26 Å². The third-order valence-electron chi connectivity index (χ3n) is 4.51. The van der Waals surface area contributed by atoms with Crippen molar-refractivity contribution in [3.63, 3.8) is 0 Å². The van der Waals surface area contributed by atoms with Gasteiger partial charge in [0.25, 0.3) is 0 Å². The van der Waals surface area contributed by atoms with Gasteiger partial charge in [-0.2, -0.15) is 5.26 Å². The highest BCUT2D eigenvalue weighted by atomic mass is 15.3. The molecule has 5 nitrogen and oxygen atoms in total. The smallest absolute Gasteiger partial charge is 0.101 e. The summed E-state index contributed by atoms with van der Waals surface area (Å²) in [6.07, 6.45) is 1.94. The van der Waals surface area contributed by atoms with E-state index in [1.807, 2.05) is 12.3 Å². The van der Waals surface area contributed by atoms with Crippen LogP contribution < -0.4 is 0 Å². The average Bonchev–Trinajstić information content (AvgIpc) is 2.53. The van der Waals surface area contributed by atoms with Crippen LogP contribution in [0.5, 0.6) is 0 Å². The van der Waals surface area contributed by atoms with Crippen molar-refractivity contribution < 1.29 is 0 Å². The van der Waals surface area contributed by atoms with Gasteiger partial charge in [-0.3, -0.25) is 14.8 Å². The van der Waals surface area contributed by atoms with Gasteiger partial charge < -0.3 is 4.90 Å². The Hall–Kier alpha value is -1.48. The summed E-state index contributed by atoms with van der Waals surface area (Å²) in [5.74, 6) is 0. The Morgan fingerprint density at radius 3 is 2.33 bits per heavy atom. The molecule has 1 fully saturated rings. The number of piperazine rings is 1. The van der Waals surface area contributed by atoms with Gasteiger partial charge in [-0.1, -0.05) is 20.8 Å². The number of nitrogens with zero attached hydrogens (tertiary/aromatic N) is 5. The fourth-order valence-electron chi connectivity index (χ4n) is 3.05. The normalized spacial score (nSPS) is 17.2. The average molecular weight is 329 g/mol. The first-order chi connectivity index (χ1) is 11.3. The summed E-state index contributed by atoms with van der Waals surface area (Å²) in [5.41, 5.74) is 2.65. The van der Waals surface area contributed by atoms with Gasteiger partial charge in [0, 0.05) is 57.4 Å². The lowest BCUT2D eigenvalue weighted by Gasteiger charge is -2.35. The van der Waals surface area contributed by atoms with Crippen LogP contribution in [0.2, 0.25) is 0 Å². The van der Waals surface area contributed by atoms with Crippen LogP contribution in [0, 0.1) is 11.3 Å². The second-order valence-corrected chi connectivity index (χ2v) is 8.02. The van der Waals surface area contributed by atoms with Crippen molar-refractivity contribution in [2.45, 2.75) is 32.7 Å². The lowest BCUT2D eigenvalue weighted by Crippen LogP contribution is -2.47. The first-order valence-corrected chi connectivity index (χ1v) is 8.78. The summed E-state index contributed by atoms with van der Waals surface area (Å²) in [7, 11) is 4.24. The molecule has 2 heterocycles. The Balaban J connectivity index is 1.92. The van der Waals surface area contributed by atoms with E-state index in [2.05, 4.69) is 60.6 Å². The SMILES string of the molecule is CN(C)CCN1CCN(Cc2cnc(C(C)(C)C)c(C#N)c2)CC1. The zero-order valence-corrected chi connectivity index (χ0v) is 15.8. The van der Waals surface area contributed by atoms with Crippen molar-refractivity contribution in [2.75, 3.05) is 53.4 Å². The Morgan fingerprint density at radius 1 is 1.17 bits per heavy atom. The molecular weight excluding hydrogens is 298 g/mol. The molecule has 1 aliphatic rings. The number of nitriles is 1. The molecule has 0 bridgehead atoms. The molecule has 1 aromatic heterocycles. The second-order valence-electron chi connectivity index (χ2n) is 8.02. The maximum Gasteiger partial charge on any atom is 0.101 e. The van der Waals surface area contributed by atoms with Crippen LogP contribution in [0.3, 0.4) is 0 Å². The highest BCUT2D eigenvalue weighted by molar-refractivity contribution is 5.39. The highest BCUT2D eigenvalue weighted by Crippen LogP contribution is 2.24. The second kappa shape index (κ2) is 8.06. The van der Waals surface area contributed by atoms with Gasteiger partial charge in [0.05, 0.1) is 11.3 Å². The van der Waals surface area contributed by atoms with Crippen LogP contribution in [-0.4, -0.2) is 73.0 Å². The molecule has 1 aromatic rings. The fraction of sp³-hybridized carbons (Fsp3) is 0.684. The van der Waals surface area contributed by atoms with E-state index in [0.717, 1.165) is 57.1 Å². The van der Waals surface area contributed by atoms with E-state index in [-0.39, 0.29) is 5.41 Å². The molecule has 0 unspecified atom stereocenters. The minimum Gasteiger partial charge on any atom is -0.308 e. The lowest BCUT2D eigenvalue weighted by molar-refractivity contribution is 0.120. The molecule has 0 atom stereocenters. The molecule has 0 radical (unpaired) electrons. The van der Waals surface area contributed by atoms with Gasteiger partial charge in [-0.25, -0.2) is 0 Å². The number of likely N-dealkylation sites (N-methyl/N-ethyl adjacent to an activating group) is 1.